The Hall–Kier alpha value is -1.62. The maximum atomic E-state index is 5.95. The molecule has 1 aromatic carbocycles. The third kappa shape index (κ3) is 2.74. The molecule has 1 heterocycles. The second-order valence-electron chi connectivity index (χ2n) is 4.88. The molecule has 0 saturated carbocycles. The van der Waals surface area contributed by atoms with Crippen LogP contribution < -0.4 is 4.74 Å². The van der Waals surface area contributed by atoms with Crippen LogP contribution in [0.1, 0.15) is 20.3 Å². The highest BCUT2D eigenvalue weighted by molar-refractivity contribution is 5.21. The van der Waals surface area contributed by atoms with E-state index in [1.54, 1.807) is 0 Å². The van der Waals surface area contributed by atoms with Crippen molar-refractivity contribution in [1.82, 2.24) is 4.90 Å². The fourth-order valence-corrected chi connectivity index (χ4v) is 2.38. The maximum Gasteiger partial charge on any atom is 0.119 e. The summed E-state index contributed by atoms with van der Waals surface area (Å²) >= 11 is 0. The van der Waals surface area contributed by atoms with E-state index in [-0.39, 0.29) is 6.10 Å². The van der Waals surface area contributed by atoms with E-state index in [4.69, 9.17) is 11.2 Å². The lowest BCUT2D eigenvalue weighted by Crippen LogP contribution is -2.29. The summed E-state index contributed by atoms with van der Waals surface area (Å²) in [5.74, 6) is 1.49. The summed E-state index contributed by atoms with van der Waals surface area (Å²) in [5, 5.41) is 0. The first-order valence-corrected chi connectivity index (χ1v) is 6.15. The highest BCUT2D eigenvalue weighted by Gasteiger charge is 2.33. The van der Waals surface area contributed by atoms with E-state index < -0.39 is 0 Å². The van der Waals surface area contributed by atoms with Crippen molar-refractivity contribution in [2.24, 2.45) is 5.92 Å². The molecule has 2 atom stereocenters. The van der Waals surface area contributed by atoms with Gasteiger partial charge in [-0.15, -0.1) is 0 Å². The lowest BCUT2D eigenvalue weighted by molar-refractivity contribution is 0.213. The van der Waals surface area contributed by atoms with Gasteiger partial charge in [-0.3, -0.25) is 0 Å². The number of terminal acetylenes is 1. The topological polar surface area (TPSA) is 12.5 Å². The van der Waals surface area contributed by atoms with Gasteiger partial charge in [0.2, 0.25) is 0 Å². The molecule has 2 rings (SSSR count). The monoisotopic (exact) mass is 229 g/mol. The Kier molecular flexibility index (Phi) is 3.58. The van der Waals surface area contributed by atoms with Gasteiger partial charge < -0.3 is 9.64 Å². The molecule has 0 aromatic heterocycles. The SMILES string of the molecule is C#CN1C[C@H](Oc2ccccc2)CC1C(C)C. The predicted octanol–water partition coefficient (Wildman–Crippen LogP) is 2.76. The molecule has 17 heavy (non-hydrogen) atoms. The summed E-state index contributed by atoms with van der Waals surface area (Å²) in [7, 11) is 0. The van der Waals surface area contributed by atoms with Crippen molar-refractivity contribution >= 4 is 0 Å². The molecule has 1 aromatic rings. The predicted molar refractivity (Wildman–Crippen MR) is 69.6 cm³/mol. The van der Waals surface area contributed by atoms with Gasteiger partial charge in [0.25, 0.3) is 0 Å². The zero-order valence-corrected chi connectivity index (χ0v) is 10.5. The number of likely N-dealkylation sites (tertiary alicyclic amines) is 1. The molecular weight excluding hydrogens is 210 g/mol. The Balaban J connectivity index is 1.99. The summed E-state index contributed by atoms with van der Waals surface area (Å²) in [6.45, 7) is 5.24. The largest absolute Gasteiger partial charge is 0.488 e. The van der Waals surface area contributed by atoms with E-state index >= 15 is 0 Å². The average molecular weight is 229 g/mol. The van der Waals surface area contributed by atoms with Crippen molar-refractivity contribution in [2.45, 2.75) is 32.4 Å². The van der Waals surface area contributed by atoms with Gasteiger partial charge in [-0.2, -0.15) is 0 Å². The summed E-state index contributed by atoms with van der Waals surface area (Å²) in [6, 6.07) is 13.2. The van der Waals surface area contributed by atoms with Gasteiger partial charge in [0.1, 0.15) is 11.9 Å². The van der Waals surface area contributed by atoms with E-state index in [1.807, 2.05) is 30.3 Å². The lowest BCUT2D eigenvalue weighted by atomic mass is 10.0. The first kappa shape index (κ1) is 11.9. The molecule has 90 valence electrons. The molecule has 1 fully saturated rings. The van der Waals surface area contributed by atoms with E-state index in [0.29, 0.717) is 12.0 Å². The van der Waals surface area contributed by atoms with Crippen molar-refractivity contribution in [2.75, 3.05) is 6.54 Å². The lowest BCUT2D eigenvalue weighted by Gasteiger charge is -2.22. The van der Waals surface area contributed by atoms with Crippen LogP contribution in [0, 0.1) is 18.4 Å². The summed E-state index contributed by atoms with van der Waals surface area (Å²) in [5.41, 5.74) is 0. The zero-order valence-electron chi connectivity index (χ0n) is 10.5. The van der Waals surface area contributed by atoms with Crippen LogP contribution in [0.25, 0.3) is 0 Å². The van der Waals surface area contributed by atoms with Gasteiger partial charge >= 0.3 is 0 Å². The van der Waals surface area contributed by atoms with Crippen LogP contribution in [0.3, 0.4) is 0 Å². The van der Waals surface area contributed by atoms with Crippen LogP contribution in [-0.4, -0.2) is 23.6 Å². The molecule has 1 aliphatic rings. The summed E-state index contributed by atoms with van der Waals surface area (Å²) in [4.78, 5) is 2.07. The van der Waals surface area contributed by atoms with Crippen LogP contribution in [-0.2, 0) is 0 Å². The average Bonchev–Trinajstić information content (AvgIpc) is 2.73. The van der Waals surface area contributed by atoms with Crippen molar-refractivity contribution in [3.63, 3.8) is 0 Å². The van der Waals surface area contributed by atoms with Gasteiger partial charge in [0, 0.05) is 18.5 Å². The van der Waals surface area contributed by atoms with E-state index in [1.165, 1.54) is 0 Å². The smallest absolute Gasteiger partial charge is 0.119 e. The Bertz CT molecular complexity index is 393. The molecule has 1 unspecified atom stereocenters. The third-order valence-corrected chi connectivity index (χ3v) is 3.29. The minimum absolute atomic E-state index is 0.209. The number of ether oxygens (including phenoxy) is 1. The first-order valence-electron chi connectivity index (χ1n) is 6.15. The molecule has 1 aliphatic heterocycles. The summed E-state index contributed by atoms with van der Waals surface area (Å²) < 4.78 is 5.95. The van der Waals surface area contributed by atoms with Crippen LogP contribution in [0.15, 0.2) is 30.3 Å². The van der Waals surface area contributed by atoms with Gasteiger partial charge in [-0.25, -0.2) is 0 Å². The van der Waals surface area contributed by atoms with Gasteiger partial charge in [-0.05, 0) is 18.1 Å². The minimum atomic E-state index is 0.209. The van der Waals surface area contributed by atoms with Gasteiger partial charge in [0.05, 0.1) is 6.54 Å². The molecule has 0 amide bonds. The zero-order chi connectivity index (χ0) is 12.3. The molecule has 0 radical (unpaired) electrons. The van der Waals surface area contributed by atoms with Crippen molar-refractivity contribution in [3.8, 4) is 18.2 Å². The number of rotatable bonds is 3. The third-order valence-electron chi connectivity index (χ3n) is 3.29. The number of para-hydroxylation sites is 1. The molecule has 0 N–H and O–H groups in total. The van der Waals surface area contributed by atoms with E-state index in [0.717, 1.165) is 18.7 Å². The number of nitrogens with zero attached hydrogens (tertiary/aromatic N) is 1. The van der Waals surface area contributed by atoms with Gasteiger partial charge in [0.15, 0.2) is 0 Å². The van der Waals surface area contributed by atoms with E-state index in [2.05, 4.69) is 24.8 Å². The van der Waals surface area contributed by atoms with Crippen LogP contribution in [0.5, 0.6) is 5.75 Å². The fraction of sp³-hybridized carbons (Fsp3) is 0.467. The highest BCUT2D eigenvalue weighted by atomic mass is 16.5. The second kappa shape index (κ2) is 5.14. The molecule has 1 saturated heterocycles. The van der Waals surface area contributed by atoms with Crippen LogP contribution in [0.4, 0.5) is 0 Å². The van der Waals surface area contributed by atoms with E-state index in [9.17, 15) is 0 Å². The van der Waals surface area contributed by atoms with Crippen LogP contribution >= 0.6 is 0 Å². The molecule has 0 spiro atoms. The quantitative estimate of drug-likeness (QED) is 0.739. The van der Waals surface area contributed by atoms with Crippen molar-refractivity contribution in [1.29, 1.82) is 0 Å². The Labute approximate surface area is 104 Å². The Morgan fingerprint density at radius 3 is 2.59 bits per heavy atom. The molecule has 0 aliphatic carbocycles. The molecular formula is C15H19NO. The van der Waals surface area contributed by atoms with Crippen molar-refractivity contribution < 1.29 is 4.74 Å². The fourth-order valence-electron chi connectivity index (χ4n) is 2.38. The number of benzene rings is 1. The summed E-state index contributed by atoms with van der Waals surface area (Å²) in [6.07, 6.45) is 6.76. The Morgan fingerprint density at radius 1 is 1.35 bits per heavy atom. The standard InChI is InChI=1S/C15H19NO/c1-4-16-11-14(10-15(16)12(2)3)17-13-8-6-5-7-9-13/h1,5-9,12,14-15H,10-11H2,2-3H3/t14-,15?/m1/s1. The number of hydrogen-bond donors (Lipinski definition) is 0. The second-order valence-corrected chi connectivity index (χ2v) is 4.88. The highest BCUT2D eigenvalue weighted by Crippen LogP contribution is 2.26. The molecule has 2 nitrogen and oxygen atoms in total. The number of hydrogen-bond acceptors (Lipinski definition) is 2. The van der Waals surface area contributed by atoms with Crippen molar-refractivity contribution in [3.05, 3.63) is 30.3 Å². The van der Waals surface area contributed by atoms with Gasteiger partial charge in [-0.1, -0.05) is 38.5 Å². The van der Waals surface area contributed by atoms with Crippen LogP contribution in [0.2, 0.25) is 0 Å². The normalized spacial score (nSPS) is 23.8. The molecule has 0 bridgehead atoms. The maximum absolute atomic E-state index is 5.95. The Morgan fingerprint density at radius 2 is 2.06 bits per heavy atom. The molecule has 2 heteroatoms. The minimum Gasteiger partial charge on any atom is -0.488 e. The first-order chi connectivity index (χ1) is 8.20.